The number of hydrogen-bond acceptors (Lipinski definition) is 7. The molecule has 1 aliphatic rings. The van der Waals surface area contributed by atoms with E-state index in [1.807, 2.05) is 25.1 Å². The zero-order valence-electron chi connectivity index (χ0n) is 14.4. The first-order chi connectivity index (χ1) is 12.0. The van der Waals surface area contributed by atoms with Crippen LogP contribution in [0.4, 0.5) is 5.13 Å². The highest BCUT2D eigenvalue weighted by Gasteiger charge is 2.29. The maximum atomic E-state index is 12.8. The molecular formula is C16H23N5O2S2. The first-order valence-corrected chi connectivity index (χ1v) is 9.97. The third-order valence-corrected chi connectivity index (χ3v) is 6.51. The minimum absolute atomic E-state index is 0.00192. The Bertz CT molecular complexity index is 738. The van der Waals surface area contributed by atoms with Crippen LogP contribution in [0.25, 0.3) is 9.53 Å². The summed E-state index contributed by atoms with van der Waals surface area (Å²) in [5.41, 5.74) is 5.43. The summed E-state index contributed by atoms with van der Waals surface area (Å²) in [5.74, 6) is -0.158. The minimum atomic E-state index is -0.149. The predicted octanol–water partition coefficient (Wildman–Crippen LogP) is 1.35. The number of carbonyl (C=O) groups excluding carboxylic acids is 2. The van der Waals surface area contributed by atoms with E-state index < -0.39 is 0 Å². The molecule has 3 heterocycles. The Morgan fingerprint density at radius 1 is 1.44 bits per heavy atom. The molecule has 1 fully saturated rings. The van der Waals surface area contributed by atoms with Crippen molar-refractivity contribution in [3.05, 3.63) is 10.9 Å². The maximum absolute atomic E-state index is 12.8. The molecule has 2 aromatic rings. The van der Waals surface area contributed by atoms with Crippen molar-refractivity contribution in [2.45, 2.75) is 12.8 Å². The van der Waals surface area contributed by atoms with Gasteiger partial charge in [-0.15, -0.1) is 11.3 Å². The van der Waals surface area contributed by atoms with Gasteiger partial charge in [0.1, 0.15) is 4.83 Å². The highest BCUT2D eigenvalue weighted by molar-refractivity contribution is 7.29. The van der Waals surface area contributed by atoms with Gasteiger partial charge in [-0.05, 0) is 18.9 Å². The van der Waals surface area contributed by atoms with E-state index in [1.54, 1.807) is 16.2 Å². The molecule has 0 aromatic carbocycles. The number of carbonyl (C=O) groups is 2. The smallest absolute Gasteiger partial charge is 0.264 e. The normalized spacial score (nSPS) is 17.7. The number of thiophene rings is 1. The average Bonchev–Trinajstić information content (AvgIpc) is 3.18. The number of aromatic nitrogens is 1. The Morgan fingerprint density at radius 3 is 2.92 bits per heavy atom. The Balaban J connectivity index is 1.69. The van der Waals surface area contributed by atoms with Crippen LogP contribution in [0.15, 0.2) is 6.07 Å². The van der Waals surface area contributed by atoms with Crippen molar-refractivity contribution >= 4 is 49.1 Å². The fraction of sp³-hybridized carbons (Fsp3) is 0.562. The molecule has 7 nitrogen and oxygen atoms in total. The van der Waals surface area contributed by atoms with Gasteiger partial charge in [0.2, 0.25) is 5.91 Å². The number of nitrogens with one attached hydrogen (secondary N) is 1. The molecule has 0 saturated carbocycles. The Hall–Kier alpha value is -1.71. The van der Waals surface area contributed by atoms with Gasteiger partial charge in [-0.25, -0.2) is 4.98 Å². The molecule has 1 unspecified atom stereocenters. The summed E-state index contributed by atoms with van der Waals surface area (Å²) in [6.45, 7) is 2.07. The van der Waals surface area contributed by atoms with Crippen LogP contribution in [0.1, 0.15) is 22.5 Å². The number of fused-ring (bicyclic) bond motifs is 1. The lowest BCUT2D eigenvalue weighted by Crippen LogP contribution is -2.46. The van der Waals surface area contributed by atoms with Crippen LogP contribution in [-0.4, -0.2) is 62.0 Å². The molecule has 136 valence electrons. The second kappa shape index (κ2) is 7.67. The number of amides is 2. The van der Waals surface area contributed by atoms with Gasteiger partial charge in [-0.1, -0.05) is 11.3 Å². The highest BCUT2D eigenvalue weighted by atomic mass is 32.1. The zero-order valence-corrected chi connectivity index (χ0v) is 16.1. The fourth-order valence-electron chi connectivity index (χ4n) is 2.89. The van der Waals surface area contributed by atoms with Gasteiger partial charge in [-0.3, -0.25) is 9.59 Å². The molecule has 0 aliphatic carbocycles. The van der Waals surface area contributed by atoms with Crippen LogP contribution in [-0.2, 0) is 4.79 Å². The van der Waals surface area contributed by atoms with Crippen molar-refractivity contribution in [1.29, 1.82) is 0 Å². The molecule has 3 rings (SSSR count). The van der Waals surface area contributed by atoms with E-state index in [-0.39, 0.29) is 17.7 Å². The molecule has 25 heavy (non-hydrogen) atoms. The Morgan fingerprint density at radius 2 is 2.24 bits per heavy atom. The molecule has 3 N–H and O–H groups in total. The lowest BCUT2D eigenvalue weighted by atomic mass is 9.97. The summed E-state index contributed by atoms with van der Waals surface area (Å²) in [4.78, 5) is 34.9. The number of rotatable bonds is 5. The van der Waals surface area contributed by atoms with E-state index in [2.05, 4.69) is 10.3 Å². The Labute approximate surface area is 154 Å². The third-order valence-electron chi connectivity index (χ3n) is 4.19. The van der Waals surface area contributed by atoms with Gasteiger partial charge in [0.25, 0.3) is 5.91 Å². The number of piperidine rings is 1. The van der Waals surface area contributed by atoms with Gasteiger partial charge >= 0.3 is 0 Å². The van der Waals surface area contributed by atoms with Crippen molar-refractivity contribution in [2.24, 2.45) is 11.7 Å². The topological polar surface area (TPSA) is 91.6 Å². The molecule has 1 saturated heterocycles. The standard InChI is InChI=1S/C16H23N5O2S2/c1-20(2)16-19-14-11(25-16)8-12(24-14)15(23)21-7-3-4-10(9-21)13(22)18-6-5-17/h8,10H,3-7,9,17H2,1-2H3,(H,18,22). The van der Waals surface area contributed by atoms with Gasteiger partial charge in [0.05, 0.1) is 15.5 Å². The summed E-state index contributed by atoms with van der Waals surface area (Å²) >= 11 is 3.01. The van der Waals surface area contributed by atoms with E-state index >= 15 is 0 Å². The minimum Gasteiger partial charge on any atom is -0.355 e. The molecule has 2 aromatic heterocycles. The van der Waals surface area contributed by atoms with E-state index in [1.165, 1.54) is 11.3 Å². The largest absolute Gasteiger partial charge is 0.355 e. The molecule has 2 amide bonds. The second-order valence-corrected chi connectivity index (χ2v) is 8.38. The number of nitrogens with zero attached hydrogens (tertiary/aromatic N) is 3. The van der Waals surface area contributed by atoms with Crippen molar-refractivity contribution in [3.8, 4) is 0 Å². The van der Waals surface area contributed by atoms with Crippen molar-refractivity contribution in [2.75, 3.05) is 45.2 Å². The molecule has 1 atom stereocenters. The summed E-state index contributed by atoms with van der Waals surface area (Å²) in [7, 11) is 3.91. The summed E-state index contributed by atoms with van der Waals surface area (Å²) < 4.78 is 1.03. The number of hydrogen-bond donors (Lipinski definition) is 2. The van der Waals surface area contributed by atoms with E-state index in [4.69, 9.17) is 5.73 Å². The third kappa shape index (κ3) is 3.94. The fourth-order valence-corrected chi connectivity index (χ4v) is 4.99. The monoisotopic (exact) mass is 381 g/mol. The number of anilines is 1. The molecule has 1 aliphatic heterocycles. The van der Waals surface area contributed by atoms with Crippen LogP contribution in [0.3, 0.4) is 0 Å². The maximum Gasteiger partial charge on any atom is 0.264 e. The highest BCUT2D eigenvalue weighted by Crippen LogP contribution is 2.34. The van der Waals surface area contributed by atoms with E-state index in [0.717, 1.165) is 27.5 Å². The lowest BCUT2D eigenvalue weighted by molar-refractivity contribution is -0.126. The zero-order chi connectivity index (χ0) is 18.0. The summed E-state index contributed by atoms with van der Waals surface area (Å²) in [6.07, 6.45) is 1.66. The van der Waals surface area contributed by atoms with Crippen LogP contribution in [0.5, 0.6) is 0 Å². The van der Waals surface area contributed by atoms with Crippen molar-refractivity contribution in [3.63, 3.8) is 0 Å². The Kier molecular flexibility index (Phi) is 5.55. The van der Waals surface area contributed by atoms with Gasteiger partial charge in [0.15, 0.2) is 5.13 Å². The van der Waals surface area contributed by atoms with Crippen LogP contribution in [0.2, 0.25) is 0 Å². The first kappa shape index (κ1) is 18.1. The van der Waals surface area contributed by atoms with Gasteiger partial charge < -0.3 is 20.9 Å². The SMILES string of the molecule is CN(C)c1nc2sc(C(=O)N3CCCC(C(=O)NCCN)C3)cc2s1. The summed E-state index contributed by atoms with van der Waals surface area (Å²) in [6, 6.07) is 1.92. The molecule has 9 heteroatoms. The van der Waals surface area contributed by atoms with Crippen LogP contribution < -0.4 is 16.0 Å². The lowest BCUT2D eigenvalue weighted by Gasteiger charge is -2.31. The molecule has 0 radical (unpaired) electrons. The number of nitrogens with two attached hydrogens (primary N) is 1. The van der Waals surface area contributed by atoms with Crippen molar-refractivity contribution < 1.29 is 9.59 Å². The first-order valence-electron chi connectivity index (χ1n) is 8.34. The molecular weight excluding hydrogens is 358 g/mol. The number of likely N-dealkylation sites (tertiary alicyclic amines) is 1. The molecule has 0 spiro atoms. The van der Waals surface area contributed by atoms with E-state index in [0.29, 0.717) is 31.1 Å². The van der Waals surface area contributed by atoms with Crippen LogP contribution >= 0.6 is 22.7 Å². The van der Waals surface area contributed by atoms with E-state index in [9.17, 15) is 9.59 Å². The van der Waals surface area contributed by atoms with Gasteiger partial charge in [-0.2, -0.15) is 0 Å². The van der Waals surface area contributed by atoms with Gasteiger partial charge in [0, 0.05) is 40.3 Å². The van der Waals surface area contributed by atoms with Crippen LogP contribution in [0, 0.1) is 5.92 Å². The quantitative estimate of drug-likeness (QED) is 0.816. The molecule has 0 bridgehead atoms. The predicted molar refractivity (Wildman–Crippen MR) is 103 cm³/mol. The second-order valence-electron chi connectivity index (χ2n) is 6.34. The average molecular weight is 382 g/mol. The summed E-state index contributed by atoms with van der Waals surface area (Å²) in [5, 5.41) is 3.76. The number of thiazole rings is 1. The van der Waals surface area contributed by atoms with Crippen molar-refractivity contribution in [1.82, 2.24) is 15.2 Å².